The predicted octanol–water partition coefficient (Wildman–Crippen LogP) is 11.0. The van der Waals surface area contributed by atoms with Gasteiger partial charge in [0.1, 0.15) is 0 Å². The van der Waals surface area contributed by atoms with Crippen LogP contribution in [0, 0.1) is 11.3 Å². The highest BCUT2D eigenvalue weighted by Gasteiger charge is 2.49. The molecule has 53 heavy (non-hydrogen) atoms. The Morgan fingerprint density at radius 2 is 1.66 bits per heavy atom. The summed E-state index contributed by atoms with van der Waals surface area (Å²) in [6.07, 6.45) is 9.29. The first-order valence-corrected chi connectivity index (χ1v) is 19.3. The summed E-state index contributed by atoms with van der Waals surface area (Å²) < 4.78 is 43.3. The smallest absolute Gasteiger partial charge is 0.302 e. The van der Waals surface area contributed by atoms with Gasteiger partial charge in [-0.1, -0.05) is 124 Å². The third-order valence-electron chi connectivity index (χ3n) is 13.2. The second kappa shape index (κ2) is 10.6. The van der Waals surface area contributed by atoms with Gasteiger partial charge < -0.3 is 5.32 Å². The standard InChI is InChI=1S/C49H46F3N/c1-46(2,3)53-40-23-36-42(28-12-9-13-30(20-28)49(50,51)52)35-22-39-34(21-33(35)31-18-15-29-24-47(4,5)25-37(40)43(29)44(31)36)32-17-14-26-10-8-11-27-16-19-38(48(39,6)7)45(32)41(26)27/h8-21,23-24,32,39-40,42,53H,22,25H2,1-7H3. The highest BCUT2D eigenvalue weighted by Crippen LogP contribution is 2.62. The molecule has 1 nitrogen and oxygen atoms in total. The summed E-state index contributed by atoms with van der Waals surface area (Å²) in [7, 11) is 0. The Hall–Kier alpha value is -4.41. The van der Waals surface area contributed by atoms with Crippen LogP contribution in [0.3, 0.4) is 0 Å². The number of halogens is 3. The van der Waals surface area contributed by atoms with Crippen LogP contribution in [0.15, 0.2) is 96.1 Å². The molecule has 4 aromatic carbocycles. The van der Waals surface area contributed by atoms with Crippen molar-refractivity contribution >= 4 is 39.6 Å². The summed E-state index contributed by atoms with van der Waals surface area (Å²) in [4.78, 5) is 0. The number of rotatable bonds is 2. The van der Waals surface area contributed by atoms with Crippen LogP contribution in [0.1, 0.15) is 112 Å². The predicted molar refractivity (Wildman–Crippen MR) is 213 cm³/mol. The molecule has 0 spiro atoms. The molecule has 10 rings (SSSR count). The molecule has 0 saturated heterocycles. The summed E-state index contributed by atoms with van der Waals surface area (Å²) in [6, 6.07) is 22.0. The zero-order valence-electron chi connectivity index (χ0n) is 31.6. The van der Waals surface area contributed by atoms with Gasteiger partial charge in [0.05, 0.1) is 5.56 Å². The molecule has 0 radical (unpaired) electrons. The summed E-state index contributed by atoms with van der Waals surface area (Å²) in [5, 5.41) is 9.10. The van der Waals surface area contributed by atoms with Gasteiger partial charge in [-0.3, -0.25) is 0 Å². The summed E-state index contributed by atoms with van der Waals surface area (Å²) >= 11 is 0. The Kier molecular flexibility index (Phi) is 6.65. The highest BCUT2D eigenvalue weighted by atomic mass is 19.4. The van der Waals surface area contributed by atoms with Gasteiger partial charge in [-0.15, -0.1) is 0 Å². The van der Waals surface area contributed by atoms with E-state index in [4.69, 9.17) is 0 Å². The molecule has 0 bridgehead atoms. The van der Waals surface area contributed by atoms with Crippen molar-refractivity contribution in [1.82, 2.24) is 5.32 Å². The topological polar surface area (TPSA) is 12.0 Å². The normalized spacial score (nSPS) is 25.6. The largest absolute Gasteiger partial charge is 0.416 e. The van der Waals surface area contributed by atoms with Gasteiger partial charge in [-0.05, 0) is 133 Å². The Morgan fingerprint density at radius 3 is 2.43 bits per heavy atom. The fraction of sp³-hybridized carbons (Fsp3) is 0.347. The van der Waals surface area contributed by atoms with Gasteiger partial charge in [0, 0.05) is 23.4 Å². The van der Waals surface area contributed by atoms with E-state index in [1.807, 2.05) is 6.07 Å². The SMILES string of the molecule is CC1(C)C=c2ccc3c4c2=C(C1)C(NC(C)(C)C)C=C4C(c1cccc(C(F)(F)F)c1)C1=C3C=C2C3C=Cc4cccc5ccc(c3c45)C(C)(C)C2C1. The van der Waals surface area contributed by atoms with Crippen molar-refractivity contribution in [3.63, 3.8) is 0 Å². The number of hydrogen-bond acceptors (Lipinski definition) is 1. The van der Waals surface area contributed by atoms with Gasteiger partial charge >= 0.3 is 6.18 Å². The van der Waals surface area contributed by atoms with E-state index in [2.05, 4.69) is 127 Å². The van der Waals surface area contributed by atoms with Crippen LogP contribution in [0.4, 0.5) is 13.2 Å². The Bertz CT molecular complexity index is 2580. The minimum atomic E-state index is -4.43. The molecule has 0 amide bonds. The van der Waals surface area contributed by atoms with Crippen molar-refractivity contribution in [2.75, 3.05) is 0 Å². The molecule has 0 heterocycles. The van der Waals surface area contributed by atoms with Gasteiger partial charge in [0.15, 0.2) is 0 Å². The minimum absolute atomic E-state index is 0.0185. The Balaban J connectivity index is 1.28. The average Bonchev–Trinajstić information content (AvgIpc) is 3.08. The lowest BCUT2D eigenvalue weighted by Gasteiger charge is -2.51. The quantitative estimate of drug-likeness (QED) is 0.219. The van der Waals surface area contributed by atoms with Crippen molar-refractivity contribution in [1.29, 1.82) is 0 Å². The highest BCUT2D eigenvalue weighted by molar-refractivity contribution is 6.01. The average molecular weight is 706 g/mol. The van der Waals surface area contributed by atoms with Crippen LogP contribution in [0.2, 0.25) is 0 Å². The number of alkyl halides is 3. The second-order valence-corrected chi connectivity index (χ2v) is 18.7. The summed E-state index contributed by atoms with van der Waals surface area (Å²) in [6.45, 7) is 16.0. The Morgan fingerprint density at radius 1 is 0.868 bits per heavy atom. The van der Waals surface area contributed by atoms with Crippen LogP contribution in [0.25, 0.3) is 39.6 Å². The Labute approximate surface area is 310 Å². The molecule has 268 valence electrons. The van der Waals surface area contributed by atoms with E-state index >= 15 is 0 Å². The molecule has 4 aromatic rings. The molecular formula is C49H46F3N. The van der Waals surface area contributed by atoms with E-state index < -0.39 is 11.7 Å². The van der Waals surface area contributed by atoms with Crippen LogP contribution >= 0.6 is 0 Å². The first kappa shape index (κ1) is 33.2. The molecule has 0 fully saturated rings. The lowest BCUT2D eigenvalue weighted by molar-refractivity contribution is -0.137. The second-order valence-electron chi connectivity index (χ2n) is 18.7. The number of fused-ring (bicyclic) bond motifs is 3. The summed E-state index contributed by atoms with van der Waals surface area (Å²) in [5.74, 6) is 0.0555. The molecule has 6 aliphatic carbocycles. The third kappa shape index (κ3) is 4.80. The number of nitrogens with one attached hydrogen (secondary N) is 1. The van der Waals surface area contributed by atoms with Crippen molar-refractivity contribution in [2.45, 2.75) is 96.3 Å². The van der Waals surface area contributed by atoms with Crippen LogP contribution in [-0.4, -0.2) is 11.6 Å². The van der Waals surface area contributed by atoms with Crippen molar-refractivity contribution in [2.24, 2.45) is 11.3 Å². The monoisotopic (exact) mass is 705 g/mol. The van der Waals surface area contributed by atoms with Crippen LogP contribution in [-0.2, 0) is 11.6 Å². The van der Waals surface area contributed by atoms with E-state index in [9.17, 15) is 13.2 Å². The van der Waals surface area contributed by atoms with Crippen molar-refractivity contribution < 1.29 is 13.2 Å². The van der Waals surface area contributed by atoms with Gasteiger partial charge in [-0.2, -0.15) is 13.2 Å². The van der Waals surface area contributed by atoms with E-state index in [1.165, 1.54) is 83.5 Å². The number of hydrogen-bond donors (Lipinski definition) is 1. The van der Waals surface area contributed by atoms with Crippen molar-refractivity contribution in [3.05, 3.63) is 145 Å². The molecule has 1 N–H and O–H groups in total. The molecule has 4 unspecified atom stereocenters. The van der Waals surface area contributed by atoms with Gasteiger partial charge in [-0.25, -0.2) is 0 Å². The fourth-order valence-corrected chi connectivity index (χ4v) is 11.1. The van der Waals surface area contributed by atoms with Crippen LogP contribution < -0.4 is 15.8 Å². The molecule has 0 aromatic heterocycles. The third-order valence-corrected chi connectivity index (χ3v) is 13.2. The number of allylic oxidation sites excluding steroid dienone is 6. The molecular weight excluding hydrogens is 660 g/mol. The molecule has 4 atom stereocenters. The lowest BCUT2D eigenvalue weighted by atomic mass is 9.53. The zero-order chi connectivity index (χ0) is 37.0. The maximum absolute atomic E-state index is 14.4. The van der Waals surface area contributed by atoms with Crippen molar-refractivity contribution in [3.8, 4) is 0 Å². The van der Waals surface area contributed by atoms with E-state index in [-0.39, 0.29) is 40.2 Å². The molecule has 6 aliphatic rings. The molecule has 0 saturated carbocycles. The maximum Gasteiger partial charge on any atom is 0.416 e. The molecule has 4 heteroatoms. The van der Waals surface area contributed by atoms with E-state index in [0.29, 0.717) is 0 Å². The van der Waals surface area contributed by atoms with E-state index in [1.54, 1.807) is 6.07 Å². The van der Waals surface area contributed by atoms with Crippen LogP contribution in [0.5, 0.6) is 0 Å². The van der Waals surface area contributed by atoms with E-state index in [0.717, 1.165) is 24.0 Å². The first-order chi connectivity index (χ1) is 25.0. The number of benzene rings is 4. The minimum Gasteiger partial charge on any atom is -0.302 e. The summed E-state index contributed by atoms with van der Waals surface area (Å²) in [5.41, 5.74) is 12.7. The first-order valence-electron chi connectivity index (χ1n) is 19.3. The lowest BCUT2D eigenvalue weighted by Crippen LogP contribution is -2.51. The van der Waals surface area contributed by atoms with Gasteiger partial charge in [0.25, 0.3) is 0 Å². The fourth-order valence-electron chi connectivity index (χ4n) is 11.1. The zero-order valence-corrected chi connectivity index (χ0v) is 31.6. The van der Waals surface area contributed by atoms with Gasteiger partial charge in [0.2, 0.25) is 0 Å². The molecule has 0 aliphatic heterocycles. The maximum atomic E-state index is 14.4.